The predicted octanol–water partition coefficient (Wildman–Crippen LogP) is 2.24. The van der Waals surface area contributed by atoms with Crippen LogP contribution in [0.5, 0.6) is 0 Å². The number of amides is 1. The molecule has 3 heteroatoms. The fourth-order valence-electron chi connectivity index (χ4n) is 1.99. The van der Waals surface area contributed by atoms with E-state index >= 15 is 0 Å². The fourth-order valence-corrected chi connectivity index (χ4v) is 1.99. The lowest BCUT2D eigenvalue weighted by Crippen LogP contribution is -2.23. The van der Waals surface area contributed by atoms with Crippen molar-refractivity contribution in [3.8, 4) is 0 Å². The Morgan fingerprint density at radius 2 is 2.13 bits per heavy atom. The summed E-state index contributed by atoms with van der Waals surface area (Å²) < 4.78 is 13.2. The zero-order valence-corrected chi connectivity index (χ0v) is 8.93. The first kappa shape index (κ1) is 10.1. The first-order valence-electron chi connectivity index (χ1n) is 5.09. The lowest BCUT2D eigenvalue weighted by Gasteiger charge is -2.24. The van der Waals surface area contributed by atoms with Crippen LogP contribution >= 0.6 is 0 Å². The number of hydrogen-bond acceptors (Lipinski definition) is 1. The minimum Gasteiger partial charge on any atom is -0.352 e. The van der Waals surface area contributed by atoms with Gasteiger partial charge in [-0.25, -0.2) is 4.39 Å². The van der Waals surface area contributed by atoms with E-state index in [0.717, 1.165) is 12.0 Å². The molecule has 0 bridgehead atoms. The molecule has 1 aromatic rings. The highest BCUT2D eigenvalue weighted by Crippen LogP contribution is 2.31. The van der Waals surface area contributed by atoms with E-state index in [2.05, 4.69) is 5.32 Å². The summed E-state index contributed by atoms with van der Waals surface area (Å²) in [6.07, 6.45) is 0.829. The van der Waals surface area contributed by atoms with Crippen LogP contribution in [-0.2, 0) is 5.41 Å². The topological polar surface area (TPSA) is 29.1 Å². The number of carbonyl (C=O) groups is 1. The van der Waals surface area contributed by atoms with Gasteiger partial charge in [0, 0.05) is 12.1 Å². The zero-order valence-electron chi connectivity index (χ0n) is 8.93. The molecule has 1 heterocycles. The third-order valence-electron chi connectivity index (χ3n) is 2.99. The van der Waals surface area contributed by atoms with Gasteiger partial charge in [-0.3, -0.25) is 4.79 Å². The second kappa shape index (κ2) is 3.33. The highest BCUT2D eigenvalue weighted by atomic mass is 19.1. The summed E-state index contributed by atoms with van der Waals surface area (Å²) in [5.74, 6) is -0.382. The van der Waals surface area contributed by atoms with E-state index in [1.807, 2.05) is 13.8 Å². The quantitative estimate of drug-likeness (QED) is 0.694. The summed E-state index contributed by atoms with van der Waals surface area (Å²) in [4.78, 5) is 11.7. The first-order valence-corrected chi connectivity index (χ1v) is 5.09. The molecule has 0 fully saturated rings. The maximum Gasteiger partial charge on any atom is 0.251 e. The van der Waals surface area contributed by atoms with Crippen molar-refractivity contribution in [1.29, 1.82) is 0 Å². The van der Waals surface area contributed by atoms with Gasteiger partial charge in [0.1, 0.15) is 5.82 Å². The minimum atomic E-state index is -0.281. The number of carbonyl (C=O) groups excluding carboxylic acids is 1. The Hall–Kier alpha value is -1.38. The van der Waals surface area contributed by atoms with E-state index < -0.39 is 0 Å². The second-order valence-electron chi connectivity index (χ2n) is 4.58. The van der Waals surface area contributed by atoms with Crippen molar-refractivity contribution in [2.24, 2.45) is 0 Å². The van der Waals surface area contributed by atoms with Gasteiger partial charge in [-0.05, 0) is 35.6 Å². The number of nitrogens with one attached hydrogen (secondary N) is 1. The lowest BCUT2D eigenvalue weighted by molar-refractivity contribution is 0.0956. The largest absolute Gasteiger partial charge is 0.352 e. The molecule has 0 aromatic heterocycles. The van der Waals surface area contributed by atoms with E-state index in [-0.39, 0.29) is 17.1 Å². The van der Waals surface area contributed by atoms with Crippen LogP contribution in [0.3, 0.4) is 0 Å². The Bertz CT molecular complexity index is 412. The summed E-state index contributed by atoms with van der Waals surface area (Å²) in [6, 6.07) is 4.37. The van der Waals surface area contributed by atoms with Gasteiger partial charge >= 0.3 is 0 Å². The SMILES string of the molecule is CC1(C)CCNC(=O)c2ccc(F)cc21. The van der Waals surface area contributed by atoms with Crippen molar-refractivity contribution >= 4 is 5.91 Å². The molecule has 0 aliphatic carbocycles. The zero-order chi connectivity index (χ0) is 11.1. The van der Waals surface area contributed by atoms with Gasteiger partial charge in [0.05, 0.1) is 0 Å². The van der Waals surface area contributed by atoms with Crippen LogP contribution < -0.4 is 5.32 Å². The van der Waals surface area contributed by atoms with E-state index in [1.165, 1.54) is 12.1 Å². The monoisotopic (exact) mass is 207 g/mol. The summed E-state index contributed by atoms with van der Waals surface area (Å²) in [6.45, 7) is 4.71. The summed E-state index contributed by atoms with van der Waals surface area (Å²) in [5.41, 5.74) is 1.24. The molecule has 2 rings (SSSR count). The van der Waals surface area contributed by atoms with Crippen molar-refractivity contribution in [1.82, 2.24) is 5.32 Å². The number of hydrogen-bond donors (Lipinski definition) is 1. The van der Waals surface area contributed by atoms with Crippen molar-refractivity contribution < 1.29 is 9.18 Å². The maximum atomic E-state index is 13.2. The molecule has 1 aliphatic heterocycles. The minimum absolute atomic E-state index is 0.101. The van der Waals surface area contributed by atoms with Crippen molar-refractivity contribution in [3.05, 3.63) is 35.1 Å². The number of rotatable bonds is 0. The molecule has 0 saturated heterocycles. The van der Waals surface area contributed by atoms with Crippen molar-refractivity contribution in [2.45, 2.75) is 25.7 Å². The molecule has 1 aliphatic rings. The molecule has 2 nitrogen and oxygen atoms in total. The average Bonchev–Trinajstić information content (AvgIpc) is 2.26. The van der Waals surface area contributed by atoms with Gasteiger partial charge in [-0.1, -0.05) is 13.8 Å². The van der Waals surface area contributed by atoms with Crippen LogP contribution in [0.2, 0.25) is 0 Å². The van der Waals surface area contributed by atoms with Crippen LogP contribution in [0.25, 0.3) is 0 Å². The van der Waals surface area contributed by atoms with Crippen LogP contribution in [0.1, 0.15) is 36.2 Å². The molecule has 0 saturated carbocycles. The number of fused-ring (bicyclic) bond motifs is 1. The van der Waals surface area contributed by atoms with E-state index in [1.54, 1.807) is 6.07 Å². The van der Waals surface area contributed by atoms with Crippen LogP contribution in [0.15, 0.2) is 18.2 Å². The lowest BCUT2D eigenvalue weighted by atomic mass is 9.80. The van der Waals surface area contributed by atoms with E-state index in [4.69, 9.17) is 0 Å². The van der Waals surface area contributed by atoms with E-state index in [9.17, 15) is 9.18 Å². The Morgan fingerprint density at radius 1 is 1.40 bits per heavy atom. The van der Waals surface area contributed by atoms with Crippen LogP contribution in [0, 0.1) is 5.82 Å². The molecule has 1 N–H and O–H groups in total. The Labute approximate surface area is 88.5 Å². The molecule has 80 valence electrons. The molecule has 1 aromatic carbocycles. The predicted molar refractivity (Wildman–Crippen MR) is 56.4 cm³/mol. The van der Waals surface area contributed by atoms with E-state index in [0.29, 0.717) is 12.1 Å². The van der Waals surface area contributed by atoms with Gasteiger partial charge in [-0.15, -0.1) is 0 Å². The highest BCUT2D eigenvalue weighted by Gasteiger charge is 2.29. The fraction of sp³-hybridized carbons (Fsp3) is 0.417. The third kappa shape index (κ3) is 1.74. The Morgan fingerprint density at radius 3 is 2.87 bits per heavy atom. The molecule has 15 heavy (non-hydrogen) atoms. The van der Waals surface area contributed by atoms with Gasteiger partial charge in [-0.2, -0.15) is 0 Å². The third-order valence-corrected chi connectivity index (χ3v) is 2.99. The molecular weight excluding hydrogens is 193 g/mol. The van der Waals surface area contributed by atoms with Gasteiger partial charge in [0.2, 0.25) is 0 Å². The number of halogens is 1. The van der Waals surface area contributed by atoms with Crippen LogP contribution in [-0.4, -0.2) is 12.5 Å². The standard InChI is InChI=1S/C12H14FNO/c1-12(2)5-6-14-11(15)9-4-3-8(13)7-10(9)12/h3-4,7H,5-6H2,1-2H3,(H,14,15). The number of benzene rings is 1. The van der Waals surface area contributed by atoms with Gasteiger partial charge in [0.25, 0.3) is 5.91 Å². The molecule has 0 atom stereocenters. The maximum absolute atomic E-state index is 13.2. The highest BCUT2D eigenvalue weighted by molar-refractivity contribution is 5.96. The Balaban J connectivity index is 2.62. The Kier molecular flexibility index (Phi) is 2.25. The molecule has 0 spiro atoms. The van der Waals surface area contributed by atoms with Gasteiger partial charge in [0.15, 0.2) is 0 Å². The summed E-state index contributed by atoms with van der Waals surface area (Å²) in [7, 11) is 0. The first-order chi connectivity index (χ1) is 7.00. The van der Waals surface area contributed by atoms with Crippen LogP contribution in [0.4, 0.5) is 4.39 Å². The van der Waals surface area contributed by atoms with Crippen molar-refractivity contribution in [2.75, 3.05) is 6.54 Å². The molecule has 0 unspecified atom stereocenters. The summed E-state index contributed by atoms with van der Waals surface area (Å²) in [5, 5.41) is 2.81. The average molecular weight is 207 g/mol. The van der Waals surface area contributed by atoms with Crippen molar-refractivity contribution in [3.63, 3.8) is 0 Å². The molecular formula is C12H14FNO. The smallest absolute Gasteiger partial charge is 0.251 e. The second-order valence-corrected chi connectivity index (χ2v) is 4.58. The normalized spacial score (nSPS) is 19.0. The molecule has 0 radical (unpaired) electrons. The summed E-state index contributed by atoms with van der Waals surface area (Å²) >= 11 is 0. The van der Waals surface area contributed by atoms with Gasteiger partial charge < -0.3 is 5.32 Å². The molecule has 1 amide bonds.